The van der Waals surface area contributed by atoms with Gasteiger partial charge in [0.1, 0.15) is 11.5 Å². The van der Waals surface area contributed by atoms with Crippen molar-refractivity contribution in [1.29, 1.82) is 0 Å². The molecule has 1 aliphatic rings. The second kappa shape index (κ2) is 10.6. The molecule has 1 atom stereocenters. The zero-order chi connectivity index (χ0) is 26.7. The maximum Gasteiger partial charge on any atom is 0.203 e. The van der Waals surface area contributed by atoms with Gasteiger partial charge in [0.25, 0.3) is 0 Å². The van der Waals surface area contributed by atoms with Crippen molar-refractivity contribution < 1.29 is 43.1 Å². The molecule has 4 rings (SSSR count). The number of Topliss-reactive ketones (excluding diaryl/α,β-unsaturated/α-hetero) is 1. The predicted octanol–water partition coefficient (Wildman–Crippen LogP) is 4.84. The van der Waals surface area contributed by atoms with Gasteiger partial charge in [0.2, 0.25) is 11.5 Å². The molecule has 0 spiro atoms. The van der Waals surface area contributed by atoms with E-state index in [1.165, 1.54) is 54.8 Å². The number of methoxy groups -OCH3 is 6. The highest BCUT2D eigenvalue weighted by molar-refractivity contribution is 6.15. The first-order chi connectivity index (χ1) is 17.9. The fourth-order valence-corrected chi connectivity index (χ4v) is 4.27. The average molecular weight is 509 g/mol. The predicted molar refractivity (Wildman–Crippen MR) is 136 cm³/mol. The van der Waals surface area contributed by atoms with Crippen LogP contribution in [0.3, 0.4) is 0 Å². The van der Waals surface area contributed by atoms with Gasteiger partial charge in [-0.1, -0.05) is 0 Å². The largest absolute Gasteiger partial charge is 0.508 e. The summed E-state index contributed by atoms with van der Waals surface area (Å²) in [5.74, 6) is 2.50. The number of ether oxygens (including phenoxy) is 7. The van der Waals surface area contributed by atoms with Crippen molar-refractivity contribution in [2.24, 2.45) is 0 Å². The van der Waals surface area contributed by atoms with E-state index in [0.717, 1.165) is 0 Å². The highest BCUT2D eigenvalue weighted by Crippen LogP contribution is 2.46. The summed E-state index contributed by atoms with van der Waals surface area (Å²) >= 11 is 0. The van der Waals surface area contributed by atoms with Crippen molar-refractivity contribution >= 4 is 11.9 Å². The molecule has 3 aromatic rings. The number of rotatable bonds is 8. The Hall–Kier alpha value is -4.53. The van der Waals surface area contributed by atoms with Gasteiger partial charge in [-0.25, -0.2) is 0 Å². The average Bonchev–Trinajstić information content (AvgIpc) is 2.93. The van der Waals surface area contributed by atoms with E-state index in [-0.39, 0.29) is 17.1 Å². The Morgan fingerprint density at radius 1 is 0.730 bits per heavy atom. The first-order valence-electron chi connectivity index (χ1n) is 11.2. The molecule has 194 valence electrons. The fourth-order valence-electron chi connectivity index (χ4n) is 4.27. The third-order valence-corrected chi connectivity index (χ3v) is 6.00. The minimum absolute atomic E-state index is 0.0472. The second-order valence-electron chi connectivity index (χ2n) is 8.02. The van der Waals surface area contributed by atoms with Gasteiger partial charge in [0.15, 0.2) is 34.9 Å². The first-order valence-corrected chi connectivity index (χ1v) is 11.2. The van der Waals surface area contributed by atoms with Crippen LogP contribution < -0.4 is 33.2 Å². The minimum atomic E-state index is -0.836. The molecule has 3 aromatic carbocycles. The Morgan fingerprint density at radius 3 is 1.73 bits per heavy atom. The molecule has 0 saturated heterocycles. The van der Waals surface area contributed by atoms with Crippen LogP contribution in [0.5, 0.6) is 46.0 Å². The maximum absolute atomic E-state index is 13.8. The van der Waals surface area contributed by atoms with Gasteiger partial charge >= 0.3 is 0 Å². The van der Waals surface area contributed by atoms with Gasteiger partial charge in [-0.3, -0.25) is 4.79 Å². The molecule has 0 fully saturated rings. The monoisotopic (exact) mass is 508 g/mol. The first kappa shape index (κ1) is 25.6. The van der Waals surface area contributed by atoms with Gasteiger partial charge in [-0.05, 0) is 54.1 Å². The number of ketones is 1. The van der Waals surface area contributed by atoms with E-state index in [0.29, 0.717) is 56.9 Å². The van der Waals surface area contributed by atoms with E-state index in [2.05, 4.69) is 0 Å². The van der Waals surface area contributed by atoms with Crippen LogP contribution in [0.25, 0.3) is 6.08 Å². The molecule has 0 aliphatic carbocycles. The normalized spacial score (nSPS) is 15.5. The van der Waals surface area contributed by atoms with Crippen LogP contribution in [0.4, 0.5) is 0 Å². The molecular weight excluding hydrogens is 480 g/mol. The van der Waals surface area contributed by atoms with Crippen molar-refractivity contribution in [3.05, 3.63) is 64.7 Å². The van der Waals surface area contributed by atoms with Crippen LogP contribution in [0, 0.1) is 0 Å². The van der Waals surface area contributed by atoms with E-state index in [1.807, 2.05) is 0 Å². The van der Waals surface area contributed by atoms with E-state index >= 15 is 0 Å². The highest BCUT2D eigenvalue weighted by Gasteiger charge is 2.35. The lowest BCUT2D eigenvalue weighted by molar-refractivity contribution is 0.0962. The maximum atomic E-state index is 13.8. The standard InChI is InChI=1S/C28H28O9/c1-31-21-10-15(11-22(32-2)27(21)35-5)9-19-25(30)18-14-17(29)7-8-20(18)37-26(19)16-12-23(33-3)28(36-6)24(13-16)34-4/h7-14,26,29H,1-6H3. The number of hydrogen-bond donors (Lipinski definition) is 1. The summed E-state index contributed by atoms with van der Waals surface area (Å²) in [4.78, 5) is 13.8. The molecule has 9 heteroatoms. The molecule has 9 nitrogen and oxygen atoms in total. The van der Waals surface area contributed by atoms with Crippen molar-refractivity contribution in [1.82, 2.24) is 0 Å². The zero-order valence-electron chi connectivity index (χ0n) is 21.4. The van der Waals surface area contributed by atoms with Gasteiger partial charge in [-0.2, -0.15) is 0 Å². The van der Waals surface area contributed by atoms with Crippen LogP contribution in [0.1, 0.15) is 27.6 Å². The number of phenolic OH excluding ortho intramolecular Hbond substituents is 1. The Bertz CT molecular complexity index is 1310. The Kier molecular flexibility index (Phi) is 7.33. The number of benzene rings is 3. The SMILES string of the molecule is COc1cc(C=C2C(=O)c3cc(O)ccc3OC2c2cc(OC)c(OC)c(OC)c2)cc(OC)c1OC. The Morgan fingerprint density at radius 2 is 1.24 bits per heavy atom. The van der Waals surface area contributed by atoms with Crippen LogP contribution in [0.2, 0.25) is 0 Å². The van der Waals surface area contributed by atoms with Crippen LogP contribution in [0.15, 0.2) is 48.0 Å². The van der Waals surface area contributed by atoms with Crippen molar-refractivity contribution in [2.75, 3.05) is 42.7 Å². The molecule has 0 aromatic heterocycles. The number of aromatic hydroxyl groups is 1. The van der Waals surface area contributed by atoms with Gasteiger partial charge < -0.3 is 38.3 Å². The summed E-state index contributed by atoms with van der Waals surface area (Å²) in [6, 6.07) is 11.3. The molecule has 1 N–H and O–H groups in total. The molecular formula is C28H28O9. The van der Waals surface area contributed by atoms with Crippen molar-refractivity contribution in [3.63, 3.8) is 0 Å². The number of fused-ring (bicyclic) bond motifs is 1. The van der Waals surface area contributed by atoms with Crippen LogP contribution >= 0.6 is 0 Å². The van der Waals surface area contributed by atoms with Crippen molar-refractivity contribution in [3.8, 4) is 46.0 Å². The summed E-state index contributed by atoms with van der Waals surface area (Å²) in [6.07, 6.45) is 0.852. The van der Waals surface area contributed by atoms with Gasteiger partial charge in [0.05, 0.1) is 48.2 Å². The third-order valence-electron chi connectivity index (χ3n) is 6.00. The van der Waals surface area contributed by atoms with E-state index < -0.39 is 6.10 Å². The van der Waals surface area contributed by atoms with E-state index in [4.69, 9.17) is 33.2 Å². The smallest absolute Gasteiger partial charge is 0.203 e. The molecule has 0 radical (unpaired) electrons. The third kappa shape index (κ3) is 4.67. The lowest BCUT2D eigenvalue weighted by Crippen LogP contribution is -2.24. The van der Waals surface area contributed by atoms with Crippen LogP contribution in [-0.4, -0.2) is 53.5 Å². The lowest BCUT2D eigenvalue weighted by atomic mass is 9.89. The van der Waals surface area contributed by atoms with Gasteiger partial charge in [-0.15, -0.1) is 0 Å². The molecule has 1 aliphatic heterocycles. The number of phenols is 1. The lowest BCUT2D eigenvalue weighted by Gasteiger charge is -2.29. The molecule has 0 bridgehead atoms. The molecule has 1 unspecified atom stereocenters. The summed E-state index contributed by atoms with van der Waals surface area (Å²) in [6.45, 7) is 0. The molecule has 0 amide bonds. The van der Waals surface area contributed by atoms with Gasteiger partial charge in [0, 0.05) is 11.1 Å². The number of carbonyl (C=O) groups is 1. The quantitative estimate of drug-likeness (QED) is 0.428. The molecule has 37 heavy (non-hydrogen) atoms. The highest BCUT2D eigenvalue weighted by atomic mass is 16.5. The Labute approximate surface area is 214 Å². The summed E-state index contributed by atoms with van der Waals surface area (Å²) in [5, 5.41) is 10.0. The topological polar surface area (TPSA) is 102 Å². The van der Waals surface area contributed by atoms with E-state index in [1.54, 1.807) is 36.4 Å². The summed E-state index contributed by atoms with van der Waals surface area (Å²) in [5.41, 5.74) is 1.76. The zero-order valence-corrected chi connectivity index (χ0v) is 21.4. The Balaban J connectivity index is 1.95. The molecule has 0 saturated carbocycles. The van der Waals surface area contributed by atoms with Crippen LogP contribution in [-0.2, 0) is 0 Å². The summed E-state index contributed by atoms with van der Waals surface area (Å²) < 4.78 is 39.2. The molecule has 1 heterocycles. The minimum Gasteiger partial charge on any atom is -0.508 e. The van der Waals surface area contributed by atoms with E-state index in [9.17, 15) is 9.90 Å². The second-order valence-corrected chi connectivity index (χ2v) is 8.02. The summed E-state index contributed by atoms with van der Waals surface area (Å²) in [7, 11) is 9.08. The number of hydrogen-bond acceptors (Lipinski definition) is 9. The van der Waals surface area contributed by atoms with Crippen molar-refractivity contribution in [2.45, 2.75) is 6.10 Å². The number of carbonyl (C=O) groups excluding carboxylic acids is 1. The fraction of sp³-hybridized carbons (Fsp3) is 0.250.